The Hall–Kier alpha value is 0.140. The van der Waals surface area contributed by atoms with Gasteiger partial charge in [0, 0.05) is 18.8 Å². The van der Waals surface area contributed by atoms with Crippen molar-refractivity contribution >= 4 is 41.1 Å². The maximum absolute atomic E-state index is 11.2. The molecule has 0 bridgehead atoms. The molecule has 0 aromatic heterocycles. The highest BCUT2D eigenvalue weighted by Gasteiger charge is 2.51. The molecule has 0 aliphatic rings. The highest BCUT2D eigenvalue weighted by atomic mass is 35.5. The van der Waals surface area contributed by atoms with E-state index < -0.39 is 38.8 Å². The first-order valence-corrected chi connectivity index (χ1v) is 9.69. The maximum Gasteiger partial charge on any atom is 0.258 e. The molecule has 0 radical (unpaired) electrons. The highest BCUT2D eigenvalue weighted by molar-refractivity contribution is 8.12. The van der Waals surface area contributed by atoms with Crippen LogP contribution in [0.15, 0.2) is 0 Å². The molecule has 15 heavy (non-hydrogen) atoms. The van der Waals surface area contributed by atoms with Crippen molar-refractivity contribution in [1.29, 1.82) is 0 Å². The first-order chi connectivity index (χ1) is 6.21. The molecule has 0 saturated heterocycles. The summed E-state index contributed by atoms with van der Waals surface area (Å²) >= 11 is 5.42. The van der Waals surface area contributed by atoms with E-state index in [1.807, 2.05) is 0 Å². The zero-order valence-corrected chi connectivity index (χ0v) is 11.5. The number of alkyl halides is 1. The summed E-state index contributed by atoms with van der Waals surface area (Å²) in [6.45, 7) is 0. The molecule has 0 spiro atoms. The van der Waals surface area contributed by atoms with Crippen molar-refractivity contribution in [3.05, 3.63) is 0 Å². The Morgan fingerprint density at radius 2 is 1.13 bits per heavy atom. The molecule has 0 aliphatic heterocycles. The van der Waals surface area contributed by atoms with E-state index in [-0.39, 0.29) is 0 Å². The van der Waals surface area contributed by atoms with Crippen LogP contribution in [-0.4, -0.2) is 53.3 Å². The van der Waals surface area contributed by atoms with Crippen LogP contribution in [0.5, 0.6) is 0 Å². The van der Waals surface area contributed by atoms with Crippen LogP contribution in [0.1, 0.15) is 0 Å². The fourth-order valence-corrected chi connectivity index (χ4v) is 7.22. The average molecular weight is 299 g/mol. The van der Waals surface area contributed by atoms with Crippen molar-refractivity contribution in [3.8, 4) is 0 Å². The normalized spacial score (nSPS) is 15.2. The fraction of sp³-hybridized carbons (Fsp3) is 1.00. The molecule has 0 fully saturated rings. The standard InChI is InChI=1S/C5H11ClO6S3/c1-13(7,8)4-5(6,14(2,9)10)15(3,11)12/h4H2,1-3H3. The predicted octanol–water partition coefficient (Wildman–Crippen LogP) is -0.987. The molecule has 0 unspecified atom stereocenters. The molecule has 0 saturated carbocycles. The fourth-order valence-electron chi connectivity index (χ4n) is 0.802. The van der Waals surface area contributed by atoms with E-state index in [0.29, 0.717) is 18.8 Å². The summed E-state index contributed by atoms with van der Waals surface area (Å²) in [5.41, 5.74) is 0. The second kappa shape index (κ2) is 3.86. The first-order valence-electron chi connectivity index (χ1n) is 3.46. The van der Waals surface area contributed by atoms with Gasteiger partial charge in [0.05, 0.1) is 5.75 Å². The van der Waals surface area contributed by atoms with Gasteiger partial charge < -0.3 is 0 Å². The molecule has 0 N–H and O–H groups in total. The Kier molecular flexibility index (Phi) is 3.90. The van der Waals surface area contributed by atoms with E-state index in [9.17, 15) is 25.3 Å². The monoisotopic (exact) mass is 298 g/mol. The Morgan fingerprint density at radius 1 is 0.867 bits per heavy atom. The summed E-state index contributed by atoms with van der Waals surface area (Å²) in [5, 5.41) is 0. The van der Waals surface area contributed by atoms with Gasteiger partial charge in [0.1, 0.15) is 0 Å². The lowest BCUT2D eigenvalue weighted by atomic mass is 10.9. The number of halogens is 1. The van der Waals surface area contributed by atoms with Crippen molar-refractivity contribution in [2.24, 2.45) is 0 Å². The van der Waals surface area contributed by atoms with Gasteiger partial charge in [0.25, 0.3) is 3.54 Å². The van der Waals surface area contributed by atoms with Gasteiger partial charge in [-0.1, -0.05) is 11.6 Å². The quantitative estimate of drug-likeness (QED) is 0.618. The zero-order chi connectivity index (χ0) is 12.7. The van der Waals surface area contributed by atoms with E-state index in [4.69, 9.17) is 11.6 Å². The Bertz CT molecular complexity index is 508. The van der Waals surface area contributed by atoms with Crippen LogP contribution in [-0.2, 0) is 29.5 Å². The van der Waals surface area contributed by atoms with E-state index in [1.54, 1.807) is 0 Å². The minimum absolute atomic E-state index is 0.576. The van der Waals surface area contributed by atoms with Gasteiger partial charge in [-0.3, -0.25) is 0 Å². The third-order valence-electron chi connectivity index (χ3n) is 1.54. The average Bonchev–Trinajstić information content (AvgIpc) is 1.77. The molecule has 0 aromatic carbocycles. The van der Waals surface area contributed by atoms with Gasteiger partial charge in [-0.15, -0.1) is 0 Å². The van der Waals surface area contributed by atoms with Crippen LogP contribution >= 0.6 is 11.6 Å². The molecule has 0 amide bonds. The van der Waals surface area contributed by atoms with Gasteiger partial charge in [-0.25, -0.2) is 25.3 Å². The lowest BCUT2D eigenvalue weighted by Crippen LogP contribution is -2.45. The number of rotatable bonds is 4. The van der Waals surface area contributed by atoms with Crippen LogP contribution in [0.25, 0.3) is 0 Å². The van der Waals surface area contributed by atoms with Crippen LogP contribution in [0.2, 0.25) is 0 Å². The highest BCUT2D eigenvalue weighted by Crippen LogP contribution is 2.30. The Balaban J connectivity index is 5.91. The number of hydrogen-bond donors (Lipinski definition) is 0. The van der Waals surface area contributed by atoms with E-state index in [2.05, 4.69) is 0 Å². The topological polar surface area (TPSA) is 102 Å². The summed E-state index contributed by atoms with van der Waals surface area (Å²) < 4.78 is 63.8. The van der Waals surface area contributed by atoms with E-state index >= 15 is 0 Å². The summed E-state index contributed by atoms with van der Waals surface area (Å²) in [7, 11) is -12.4. The molecule has 0 heterocycles. The Morgan fingerprint density at radius 3 is 1.20 bits per heavy atom. The maximum atomic E-state index is 11.2. The van der Waals surface area contributed by atoms with Crippen LogP contribution in [0.3, 0.4) is 0 Å². The molecule has 0 aliphatic carbocycles. The number of hydrogen-bond acceptors (Lipinski definition) is 6. The van der Waals surface area contributed by atoms with Crippen LogP contribution in [0.4, 0.5) is 0 Å². The minimum atomic E-state index is -4.26. The molecule has 10 heteroatoms. The van der Waals surface area contributed by atoms with Gasteiger partial charge in [0.2, 0.25) is 0 Å². The third kappa shape index (κ3) is 3.58. The summed E-state index contributed by atoms with van der Waals surface area (Å²) in [5.74, 6) is -1.17. The van der Waals surface area contributed by atoms with E-state index in [1.165, 1.54) is 0 Å². The summed E-state index contributed by atoms with van der Waals surface area (Å²) in [6.07, 6.45) is 1.86. The molecule has 0 aromatic rings. The minimum Gasteiger partial charge on any atom is -0.229 e. The number of sulfone groups is 3. The van der Waals surface area contributed by atoms with Crippen molar-refractivity contribution < 1.29 is 25.3 Å². The molecular weight excluding hydrogens is 288 g/mol. The zero-order valence-electron chi connectivity index (χ0n) is 8.26. The van der Waals surface area contributed by atoms with Gasteiger partial charge >= 0.3 is 0 Å². The van der Waals surface area contributed by atoms with Crippen molar-refractivity contribution in [2.75, 3.05) is 24.5 Å². The molecule has 0 rings (SSSR count). The third-order valence-corrected chi connectivity index (χ3v) is 9.16. The van der Waals surface area contributed by atoms with Gasteiger partial charge in [-0.05, 0) is 0 Å². The lowest BCUT2D eigenvalue weighted by molar-refractivity contribution is 0.571. The van der Waals surface area contributed by atoms with Crippen molar-refractivity contribution in [3.63, 3.8) is 0 Å². The second-order valence-corrected chi connectivity index (χ2v) is 11.2. The molecule has 0 atom stereocenters. The molecule has 92 valence electrons. The predicted molar refractivity (Wildman–Crippen MR) is 58.0 cm³/mol. The first kappa shape index (κ1) is 15.1. The summed E-state index contributed by atoms with van der Waals surface area (Å²) in [6, 6.07) is 0. The van der Waals surface area contributed by atoms with E-state index in [0.717, 1.165) is 0 Å². The van der Waals surface area contributed by atoms with Crippen LogP contribution in [0, 0.1) is 0 Å². The van der Waals surface area contributed by atoms with Gasteiger partial charge in [-0.2, -0.15) is 0 Å². The van der Waals surface area contributed by atoms with Crippen LogP contribution < -0.4 is 0 Å². The second-order valence-electron chi connectivity index (χ2n) is 3.27. The van der Waals surface area contributed by atoms with Gasteiger partial charge in [0.15, 0.2) is 29.5 Å². The SMILES string of the molecule is CS(=O)(=O)CC(Cl)(S(C)(=O)=O)S(C)(=O)=O. The lowest BCUT2D eigenvalue weighted by Gasteiger charge is -2.21. The largest absolute Gasteiger partial charge is 0.258 e. The summed E-state index contributed by atoms with van der Waals surface area (Å²) in [4.78, 5) is 0. The van der Waals surface area contributed by atoms with Crippen molar-refractivity contribution in [2.45, 2.75) is 3.54 Å². The van der Waals surface area contributed by atoms with Crippen molar-refractivity contribution in [1.82, 2.24) is 0 Å². The Labute approximate surface area is 94.4 Å². The smallest absolute Gasteiger partial charge is 0.229 e. The molecule has 6 nitrogen and oxygen atoms in total. The molecular formula is C5H11ClO6S3.